The topological polar surface area (TPSA) is 34.1 Å². The van der Waals surface area contributed by atoms with E-state index in [0.717, 1.165) is 21.6 Å². The maximum absolute atomic E-state index is 6.10. The number of aromatic nitrogens is 1. The molecule has 0 unspecified atom stereocenters. The number of halogens is 2. The molecule has 0 bridgehead atoms. The summed E-state index contributed by atoms with van der Waals surface area (Å²) in [5.74, 6) is 1.57. The van der Waals surface area contributed by atoms with E-state index in [1.165, 1.54) is 0 Å². The minimum atomic E-state index is 0.343. The van der Waals surface area contributed by atoms with Gasteiger partial charge in [0.05, 0.1) is 10.7 Å². The molecule has 0 saturated carbocycles. The fourth-order valence-electron chi connectivity index (χ4n) is 1.58. The van der Waals surface area contributed by atoms with Gasteiger partial charge >= 0.3 is 0 Å². The molecule has 2 aromatic rings. The van der Waals surface area contributed by atoms with Gasteiger partial charge < -0.3 is 10.1 Å². The molecular weight excluding hydrogens is 328 g/mol. The van der Waals surface area contributed by atoms with Gasteiger partial charge in [-0.25, -0.2) is 4.98 Å². The molecule has 0 atom stereocenters. The molecule has 0 fully saturated rings. The standard InChI is InChI=1S/C14H14BrClN2O/c1-9-7-10(3-4-11(9)15)19-8-13-12(16)5-6-14(17-2)18-13/h3-7H,8H2,1-2H3,(H,17,18). The molecule has 1 aromatic carbocycles. The Labute approximate surface area is 126 Å². The third-order valence-electron chi connectivity index (χ3n) is 2.68. The Balaban J connectivity index is 2.11. The van der Waals surface area contributed by atoms with E-state index < -0.39 is 0 Å². The molecule has 19 heavy (non-hydrogen) atoms. The van der Waals surface area contributed by atoms with Gasteiger partial charge in [-0.05, 0) is 42.8 Å². The fourth-order valence-corrected chi connectivity index (χ4v) is 1.99. The molecule has 0 saturated heterocycles. The number of nitrogens with zero attached hydrogens (tertiary/aromatic N) is 1. The molecular formula is C14H14BrClN2O. The van der Waals surface area contributed by atoms with Crippen molar-refractivity contribution < 1.29 is 4.74 Å². The lowest BCUT2D eigenvalue weighted by Crippen LogP contribution is -2.02. The van der Waals surface area contributed by atoms with Crippen molar-refractivity contribution in [2.45, 2.75) is 13.5 Å². The van der Waals surface area contributed by atoms with Crippen molar-refractivity contribution in [1.29, 1.82) is 0 Å². The molecule has 1 N–H and O–H groups in total. The summed E-state index contributed by atoms with van der Waals surface area (Å²) in [5, 5.41) is 3.58. The average Bonchev–Trinajstić information content (AvgIpc) is 2.41. The Morgan fingerprint density at radius 3 is 2.79 bits per heavy atom. The zero-order valence-corrected chi connectivity index (χ0v) is 13.0. The number of benzene rings is 1. The van der Waals surface area contributed by atoms with Gasteiger partial charge in [-0.1, -0.05) is 27.5 Å². The Hall–Kier alpha value is -1.26. The van der Waals surface area contributed by atoms with Crippen molar-refractivity contribution in [3.8, 4) is 5.75 Å². The van der Waals surface area contributed by atoms with Crippen LogP contribution < -0.4 is 10.1 Å². The molecule has 0 aliphatic rings. The highest BCUT2D eigenvalue weighted by Crippen LogP contribution is 2.23. The highest BCUT2D eigenvalue weighted by Gasteiger charge is 2.05. The van der Waals surface area contributed by atoms with Crippen LogP contribution in [0.25, 0.3) is 0 Å². The van der Waals surface area contributed by atoms with Crippen LogP contribution in [0.1, 0.15) is 11.3 Å². The van der Waals surface area contributed by atoms with Crippen LogP contribution in [0.2, 0.25) is 5.02 Å². The highest BCUT2D eigenvalue weighted by atomic mass is 79.9. The molecule has 1 heterocycles. The summed E-state index contributed by atoms with van der Waals surface area (Å²) in [4.78, 5) is 4.37. The summed E-state index contributed by atoms with van der Waals surface area (Å²) in [6, 6.07) is 9.48. The minimum Gasteiger partial charge on any atom is -0.487 e. The quantitative estimate of drug-likeness (QED) is 0.893. The van der Waals surface area contributed by atoms with E-state index in [1.54, 1.807) is 0 Å². The Kier molecular flexibility index (Phi) is 4.66. The second kappa shape index (κ2) is 6.26. The predicted octanol–water partition coefficient (Wildman–Crippen LogP) is 4.43. The third-order valence-corrected chi connectivity index (χ3v) is 3.91. The first-order valence-corrected chi connectivity index (χ1v) is 6.99. The highest BCUT2D eigenvalue weighted by molar-refractivity contribution is 9.10. The van der Waals surface area contributed by atoms with Gasteiger partial charge in [-0.3, -0.25) is 0 Å². The largest absolute Gasteiger partial charge is 0.487 e. The van der Waals surface area contributed by atoms with Gasteiger partial charge in [0.25, 0.3) is 0 Å². The lowest BCUT2D eigenvalue weighted by molar-refractivity contribution is 0.301. The number of pyridine rings is 1. The van der Waals surface area contributed by atoms with E-state index in [9.17, 15) is 0 Å². The number of aryl methyl sites for hydroxylation is 1. The van der Waals surface area contributed by atoms with Crippen molar-refractivity contribution in [2.24, 2.45) is 0 Å². The van der Waals surface area contributed by atoms with Crippen molar-refractivity contribution in [3.63, 3.8) is 0 Å². The first kappa shape index (κ1) is 14.2. The average molecular weight is 342 g/mol. The predicted molar refractivity (Wildman–Crippen MR) is 82.0 cm³/mol. The Bertz CT molecular complexity index is 590. The SMILES string of the molecule is CNc1ccc(Cl)c(COc2ccc(Br)c(C)c2)n1. The molecule has 0 radical (unpaired) electrons. The van der Waals surface area contributed by atoms with Crippen LogP contribution >= 0.6 is 27.5 Å². The molecule has 0 aliphatic heterocycles. The third kappa shape index (κ3) is 3.61. The summed E-state index contributed by atoms with van der Waals surface area (Å²) in [6.07, 6.45) is 0. The Morgan fingerprint density at radius 2 is 2.11 bits per heavy atom. The van der Waals surface area contributed by atoms with Crippen LogP contribution in [0.4, 0.5) is 5.82 Å². The number of ether oxygens (including phenoxy) is 1. The fraction of sp³-hybridized carbons (Fsp3) is 0.214. The number of rotatable bonds is 4. The summed E-state index contributed by atoms with van der Waals surface area (Å²) in [5.41, 5.74) is 1.84. The summed E-state index contributed by atoms with van der Waals surface area (Å²) in [6.45, 7) is 2.36. The molecule has 0 aliphatic carbocycles. The van der Waals surface area contributed by atoms with E-state index in [4.69, 9.17) is 16.3 Å². The van der Waals surface area contributed by atoms with Crippen LogP contribution in [0.5, 0.6) is 5.75 Å². The summed E-state index contributed by atoms with van der Waals surface area (Å²) < 4.78 is 6.78. The monoisotopic (exact) mass is 340 g/mol. The number of nitrogens with one attached hydrogen (secondary N) is 1. The molecule has 2 rings (SSSR count). The molecule has 0 spiro atoms. The van der Waals surface area contributed by atoms with Gasteiger partial charge in [0, 0.05) is 11.5 Å². The van der Waals surface area contributed by atoms with E-state index in [-0.39, 0.29) is 0 Å². The van der Waals surface area contributed by atoms with E-state index >= 15 is 0 Å². The molecule has 5 heteroatoms. The van der Waals surface area contributed by atoms with Gasteiger partial charge in [-0.15, -0.1) is 0 Å². The maximum Gasteiger partial charge on any atom is 0.132 e. The van der Waals surface area contributed by atoms with Gasteiger partial charge in [-0.2, -0.15) is 0 Å². The van der Waals surface area contributed by atoms with Crippen LogP contribution in [0.15, 0.2) is 34.8 Å². The smallest absolute Gasteiger partial charge is 0.132 e. The van der Waals surface area contributed by atoms with Crippen LogP contribution in [-0.4, -0.2) is 12.0 Å². The zero-order chi connectivity index (χ0) is 13.8. The van der Waals surface area contributed by atoms with Gasteiger partial charge in [0.1, 0.15) is 18.2 Å². The first-order valence-electron chi connectivity index (χ1n) is 5.82. The lowest BCUT2D eigenvalue weighted by Gasteiger charge is -2.09. The summed E-state index contributed by atoms with van der Waals surface area (Å²) >= 11 is 9.56. The van der Waals surface area contributed by atoms with Crippen LogP contribution in [0, 0.1) is 6.92 Å². The molecule has 0 amide bonds. The van der Waals surface area contributed by atoms with Crippen LogP contribution in [-0.2, 0) is 6.61 Å². The van der Waals surface area contributed by atoms with Crippen LogP contribution in [0.3, 0.4) is 0 Å². The minimum absolute atomic E-state index is 0.343. The molecule has 100 valence electrons. The van der Waals surface area contributed by atoms with Crippen molar-refractivity contribution in [2.75, 3.05) is 12.4 Å². The molecule has 1 aromatic heterocycles. The van der Waals surface area contributed by atoms with Gasteiger partial charge in [0.2, 0.25) is 0 Å². The number of hydrogen-bond donors (Lipinski definition) is 1. The van der Waals surface area contributed by atoms with E-state index in [1.807, 2.05) is 44.3 Å². The Morgan fingerprint density at radius 1 is 1.32 bits per heavy atom. The van der Waals surface area contributed by atoms with Gasteiger partial charge in [0.15, 0.2) is 0 Å². The van der Waals surface area contributed by atoms with E-state index in [2.05, 4.69) is 26.2 Å². The van der Waals surface area contributed by atoms with Crippen molar-refractivity contribution in [1.82, 2.24) is 4.98 Å². The maximum atomic E-state index is 6.10. The normalized spacial score (nSPS) is 10.3. The van der Waals surface area contributed by atoms with Crippen molar-refractivity contribution >= 4 is 33.3 Å². The molecule has 3 nitrogen and oxygen atoms in total. The number of anilines is 1. The first-order chi connectivity index (χ1) is 9.10. The second-order valence-electron chi connectivity index (χ2n) is 4.07. The lowest BCUT2D eigenvalue weighted by atomic mass is 10.2. The summed E-state index contributed by atoms with van der Waals surface area (Å²) in [7, 11) is 1.82. The van der Waals surface area contributed by atoms with E-state index in [0.29, 0.717) is 17.3 Å². The second-order valence-corrected chi connectivity index (χ2v) is 5.34. The zero-order valence-electron chi connectivity index (χ0n) is 10.7. The number of hydrogen-bond acceptors (Lipinski definition) is 3. The van der Waals surface area contributed by atoms with Crippen molar-refractivity contribution in [3.05, 3.63) is 51.1 Å².